The first-order valence-electron chi connectivity index (χ1n) is 9.93. The van der Waals surface area contributed by atoms with Gasteiger partial charge in [0.15, 0.2) is 0 Å². The van der Waals surface area contributed by atoms with Gasteiger partial charge in [0.1, 0.15) is 0 Å². The van der Waals surface area contributed by atoms with Crippen LogP contribution in [-0.2, 0) is 17.8 Å². The number of hydrogen-bond donors (Lipinski definition) is 1. The molecule has 1 N–H and O–H groups in total. The zero-order valence-electron chi connectivity index (χ0n) is 16.3. The molecule has 4 rings (SSSR count). The van der Waals surface area contributed by atoms with Crippen LogP contribution < -0.4 is 5.32 Å². The third-order valence-electron chi connectivity index (χ3n) is 4.98. The van der Waals surface area contributed by atoms with Crippen molar-refractivity contribution in [3.63, 3.8) is 0 Å². The van der Waals surface area contributed by atoms with Crippen molar-refractivity contribution in [3.05, 3.63) is 83.9 Å². The predicted octanol–water partition coefficient (Wildman–Crippen LogP) is 4.13. The van der Waals surface area contributed by atoms with Crippen LogP contribution in [0.4, 0.5) is 0 Å². The van der Waals surface area contributed by atoms with Crippen molar-refractivity contribution in [2.75, 3.05) is 12.4 Å². The van der Waals surface area contributed by atoms with Gasteiger partial charge in [-0.05, 0) is 36.1 Å². The quantitative estimate of drug-likeness (QED) is 0.571. The lowest BCUT2D eigenvalue weighted by atomic mass is 10.1. The van der Waals surface area contributed by atoms with Gasteiger partial charge in [0.25, 0.3) is 5.91 Å². The van der Waals surface area contributed by atoms with Gasteiger partial charge in [0, 0.05) is 42.7 Å². The van der Waals surface area contributed by atoms with Crippen molar-refractivity contribution < 1.29 is 9.53 Å². The number of carbonyl (C=O) groups excluding carboxylic acids is 1. The van der Waals surface area contributed by atoms with Crippen LogP contribution in [0, 0.1) is 0 Å². The van der Waals surface area contributed by atoms with Crippen LogP contribution in [0.25, 0.3) is 0 Å². The second-order valence-corrected chi connectivity index (χ2v) is 8.24. The summed E-state index contributed by atoms with van der Waals surface area (Å²) in [5, 5.41) is 3.05. The van der Waals surface area contributed by atoms with Crippen LogP contribution in [-0.4, -0.2) is 33.9 Å². The fourth-order valence-electron chi connectivity index (χ4n) is 3.37. The Hall–Kier alpha value is -2.57. The minimum Gasteiger partial charge on any atom is -0.377 e. The van der Waals surface area contributed by atoms with E-state index in [0.29, 0.717) is 12.6 Å². The predicted molar refractivity (Wildman–Crippen MR) is 115 cm³/mol. The molecule has 1 fully saturated rings. The molecule has 6 heteroatoms. The largest absolute Gasteiger partial charge is 0.377 e. The molecule has 1 aliphatic rings. The van der Waals surface area contributed by atoms with Crippen LogP contribution >= 0.6 is 11.8 Å². The molecule has 5 nitrogen and oxygen atoms in total. The van der Waals surface area contributed by atoms with E-state index in [4.69, 9.17) is 4.74 Å². The van der Waals surface area contributed by atoms with E-state index in [0.717, 1.165) is 47.8 Å². The third kappa shape index (κ3) is 5.49. The maximum atomic E-state index is 12.7. The second kappa shape index (κ2) is 9.76. The summed E-state index contributed by atoms with van der Waals surface area (Å²) in [7, 11) is 0. The van der Waals surface area contributed by atoms with Crippen molar-refractivity contribution >= 4 is 17.7 Å². The number of amides is 1. The maximum Gasteiger partial charge on any atom is 0.252 e. The first-order valence-corrected chi connectivity index (χ1v) is 10.9. The summed E-state index contributed by atoms with van der Waals surface area (Å²) >= 11 is 1.70. The maximum absolute atomic E-state index is 12.7. The molecule has 0 spiro atoms. The average molecular weight is 408 g/mol. The molecule has 2 heterocycles. The van der Waals surface area contributed by atoms with Crippen LogP contribution in [0.1, 0.15) is 34.3 Å². The Bertz CT molecular complexity index is 920. The standard InChI is InChI=1S/C23H25N3O2S/c27-23(21-5-1-2-6-22(21)29-16-20-4-3-13-28-20)25-14-18-7-9-19(10-8-18)15-26-12-11-24-17-26/h1-2,5-12,17,20H,3-4,13-16H2,(H,25,27). The summed E-state index contributed by atoms with van der Waals surface area (Å²) in [6.07, 6.45) is 8.08. The third-order valence-corrected chi connectivity index (χ3v) is 6.19. The van der Waals surface area contributed by atoms with Gasteiger partial charge in [0.05, 0.1) is 18.0 Å². The number of hydrogen-bond acceptors (Lipinski definition) is 4. The van der Waals surface area contributed by atoms with E-state index in [1.165, 1.54) is 5.56 Å². The van der Waals surface area contributed by atoms with Gasteiger partial charge in [-0.25, -0.2) is 4.98 Å². The van der Waals surface area contributed by atoms with Gasteiger partial charge in [0.2, 0.25) is 0 Å². The molecule has 0 radical (unpaired) electrons. The summed E-state index contributed by atoms with van der Waals surface area (Å²) in [5.74, 6) is 0.853. The fraction of sp³-hybridized carbons (Fsp3) is 0.304. The number of imidazole rings is 1. The van der Waals surface area contributed by atoms with Gasteiger partial charge < -0.3 is 14.6 Å². The lowest BCUT2D eigenvalue weighted by molar-refractivity contribution is 0.0948. The summed E-state index contributed by atoms with van der Waals surface area (Å²) in [4.78, 5) is 17.8. The number of thioether (sulfide) groups is 1. The van der Waals surface area contributed by atoms with Gasteiger partial charge in [-0.1, -0.05) is 36.4 Å². The van der Waals surface area contributed by atoms with Crippen molar-refractivity contribution in [1.29, 1.82) is 0 Å². The van der Waals surface area contributed by atoms with E-state index in [9.17, 15) is 4.79 Å². The summed E-state index contributed by atoms with van der Waals surface area (Å²) in [6, 6.07) is 16.1. The van der Waals surface area contributed by atoms with Crippen molar-refractivity contribution in [1.82, 2.24) is 14.9 Å². The molecule has 1 amide bonds. The topological polar surface area (TPSA) is 56.2 Å². The van der Waals surface area contributed by atoms with Crippen LogP contribution in [0.15, 0.2) is 72.1 Å². The van der Waals surface area contributed by atoms with E-state index in [2.05, 4.69) is 34.6 Å². The molecular weight excluding hydrogens is 382 g/mol. The number of nitrogens with one attached hydrogen (secondary N) is 1. The SMILES string of the molecule is O=C(NCc1ccc(Cn2ccnc2)cc1)c1ccccc1SCC1CCCO1. The van der Waals surface area contributed by atoms with Gasteiger partial charge in [-0.2, -0.15) is 0 Å². The van der Waals surface area contributed by atoms with Crippen molar-refractivity contribution in [2.45, 2.75) is 36.9 Å². The highest BCUT2D eigenvalue weighted by Gasteiger charge is 2.17. The molecule has 0 saturated carbocycles. The molecule has 1 aliphatic heterocycles. The Morgan fingerprint density at radius 3 is 2.76 bits per heavy atom. The molecule has 2 aromatic carbocycles. The number of carbonyl (C=O) groups is 1. The van der Waals surface area contributed by atoms with E-state index >= 15 is 0 Å². The molecule has 0 bridgehead atoms. The Balaban J connectivity index is 1.32. The van der Waals surface area contributed by atoms with Crippen LogP contribution in [0.2, 0.25) is 0 Å². The number of rotatable bonds is 8. The van der Waals surface area contributed by atoms with E-state index < -0.39 is 0 Å². The molecule has 29 heavy (non-hydrogen) atoms. The first kappa shape index (κ1) is 19.7. The molecule has 1 unspecified atom stereocenters. The molecule has 1 aromatic heterocycles. The molecular formula is C23H25N3O2S. The van der Waals surface area contributed by atoms with Crippen LogP contribution in [0.5, 0.6) is 0 Å². The highest BCUT2D eigenvalue weighted by Crippen LogP contribution is 2.26. The Kier molecular flexibility index (Phi) is 6.64. The minimum absolute atomic E-state index is 0.0390. The summed E-state index contributed by atoms with van der Waals surface area (Å²) < 4.78 is 7.73. The van der Waals surface area contributed by atoms with Gasteiger partial charge in [-0.3, -0.25) is 4.79 Å². The first-order chi connectivity index (χ1) is 14.3. The Morgan fingerprint density at radius 2 is 2.00 bits per heavy atom. The highest BCUT2D eigenvalue weighted by atomic mass is 32.2. The van der Waals surface area contributed by atoms with E-state index in [-0.39, 0.29) is 5.91 Å². The van der Waals surface area contributed by atoms with Gasteiger partial charge in [-0.15, -0.1) is 11.8 Å². The molecule has 150 valence electrons. The van der Waals surface area contributed by atoms with E-state index in [1.54, 1.807) is 18.0 Å². The van der Waals surface area contributed by atoms with Gasteiger partial charge >= 0.3 is 0 Å². The minimum atomic E-state index is -0.0390. The number of nitrogens with zero attached hydrogens (tertiary/aromatic N) is 2. The Labute approximate surface area is 175 Å². The monoisotopic (exact) mass is 407 g/mol. The summed E-state index contributed by atoms with van der Waals surface area (Å²) in [5.41, 5.74) is 3.01. The lowest BCUT2D eigenvalue weighted by Crippen LogP contribution is -2.23. The zero-order valence-corrected chi connectivity index (χ0v) is 17.1. The smallest absolute Gasteiger partial charge is 0.252 e. The summed E-state index contributed by atoms with van der Waals surface area (Å²) in [6.45, 7) is 2.16. The number of ether oxygens (including phenoxy) is 1. The van der Waals surface area contributed by atoms with Crippen LogP contribution in [0.3, 0.4) is 0 Å². The van der Waals surface area contributed by atoms with Crippen molar-refractivity contribution in [3.8, 4) is 0 Å². The molecule has 1 saturated heterocycles. The van der Waals surface area contributed by atoms with Crippen molar-refractivity contribution in [2.24, 2.45) is 0 Å². The average Bonchev–Trinajstić information content (AvgIpc) is 3.46. The zero-order chi connectivity index (χ0) is 19.9. The molecule has 3 aromatic rings. The fourth-order valence-corrected chi connectivity index (χ4v) is 4.49. The Morgan fingerprint density at radius 1 is 1.17 bits per heavy atom. The molecule has 1 atom stereocenters. The normalized spacial score (nSPS) is 16.1. The van der Waals surface area contributed by atoms with E-state index in [1.807, 2.05) is 41.4 Å². The molecule has 0 aliphatic carbocycles. The number of aromatic nitrogens is 2. The lowest BCUT2D eigenvalue weighted by Gasteiger charge is -2.12. The highest BCUT2D eigenvalue weighted by molar-refractivity contribution is 7.99. The number of benzene rings is 2. The second-order valence-electron chi connectivity index (χ2n) is 7.18.